The Balaban J connectivity index is 1.56. The molecule has 0 spiro atoms. The Hall–Kier alpha value is -3.80. The van der Waals surface area contributed by atoms with E-state index in [1.54, 1.807) is 35.9 Å². The van der Waals surface area contributed by atoms with Crippen LogP contribution in [0.5, 0.6) is 5.75 Å². The van der Waals surface area contributed by atoms with E-state index in [2.05, 4.69) is 40.0 Å². The number of nitrogens with zero attached hydrogens (tertiary/aromatic N) is 5. The molecule has 278 valence electrons. The second kappa shape index (κ2) is 15.8. The Bertz CT molecular complexity index is 1930. The fourth-order valence-electron chi connectivity index (χ4n) is 5.79. The predicted octanol–water partition coefficient (Wildman–Crippen LogP) is 7.53. The number of anilines is 2. The summed E-state index contributed by atoms with van der Waals surface area (Å²) in [5, 5.41) is 8.19. The molecule has 0 aliphatic carbocycles. The highest BCUT2D eigenvalue weighted by Gasteiger charge is 2.31. The fraction of sp³-hybridized carbons (Fsp3) is 0.500. The standard InChI is InChI=1S/C34H44F4N6O5SSi/c1-6-43(50(2,45)46)28-12-8-7-11-23(28)20-39-31-26-21-40-44(30-13-9-10-14-48-30)33(26)42-32(41-31)25-18-27(35)29(17-24(25)19-34(36,37)38)49-22-47-15-16-51(3,4)5/h7-8,11-12,17-18,21,30H,6,9-10,13-16,19-20,22H2,1-5H3,(H,39,41,42). The minimum absolute atomic E-state index is 0.0904. The van der Waals surface area contributed by atoms with Crippen LogP contribution in [0.25, 0.3) is 22.4 Å². The van der Waals surface area contributed by atoms with E-state index in [0.717, 1.165) is 37.3 Å². The highest BCUT2D eigenvalue weighted by molar-refractivity contribution is 7.92. The summed E-state index contributed by atoms with van der Waals surface area (Å²) < 4.78 is 102. The summed E-state index contributed by atoms with van der Waals surface area (Å²) in [4.78, 5) is 9.26. The van der Waals surface area contributed by atoms with Crippen LogP contribution < -0.4 is 14.4 Å². The van der Waals surface area contributed by atoms with Crippen LogP contribution in [0.3, 0.4) is 0 Å². The summed E-state index contributed by atoms with van der Waals surface area (Å²) in [5.41, 5.74) is 0.903. The van der Waals surface area contributed by atoms with Gasteiger partial charge in [0, 0.05) is 39.9 Å². The smallest absolute Gasteiger partial charge is 0.393 e. The maximum atomic E-state index is 15.6. The molecule has 1 aliphatic rings. The molecule has 0 radical (unpaired) electrons. The van der Waals surface area contributed by atoms with Crippen LogP contribution in [0.15, 0.2) is 42.6 Å². The summed E-state index contributed by atoms with van der Waals surface area (Å²) in [7, 11) is -4.99. The molecule has 1 saturated heterocycles. The van der Waals surface area contributed by atoms with Crippen LogP contribution in [0, 0.1) is 5.82 Å². The Labute approximate surface area is 296 Å². The zero-order chi connectivity index (χ0) is 37.0. The number of alkyl halides is 3. The zero-order valence-corrected chi connectivity index (χ0v) is 31.2. The van der Waals surface area contributed by atoms with E-state index in [1.807, 2.05) is 0 Å². The Morgan fingerprint density at radius 2 is 1.88 bits per heavy atom. The molecule has 1 aliphatic heterocycles. The van der Waals surface area contributed by atoms with Crippen LogP contribution in [0.1, 0.15) is 43.5 Å². The molecule has 2 aromatic carbocycles. The van der Waals surface area contributed by atoms with Gasteiger partial charge in [-0.3, -0.25) is 4.31 Å². The third-order valence-electron chi connectivity index (χ3n) is 8.36. The Morgan fingerprint density at radius 1 is 1.12 bits per heavy atom. The molecule has 0 bridgehead atoms. The lowest BCUT2D eigenvalue weighted by molar-refractivity contribution is -0.127. The van der Waals surface area contributed by atoms with Crippen molar-refractivity contribution in [1.82, 2.24) is 19.7 Å². The highest BCUT2D eigenvalue weighted by Crippen LogP contribution is 2.36. The van der Waals surface area contributed by atoms with Gasteiger partial charge in [-0.05, 0) is 61.6 Å². The zero-order valence-electron chi connectivity index (χ0n) is 29.4. The van der Waals surface area contributed by atoms with Crippen molar-refractivity contribution in [3.05, 3.63) is 59.5 Å². The first-order valence-electron chi connectivity index (χ1n) is 16.8. The Morgan fingerprint density at radius 3 is 2.55 bits per heavy atom. The van der Waals surface area contributed by atoms with Crippen molar-refractivity contribution in [2.45, 2.75) is 77.2 Å². The lowest BCUT2D eigenvalue weighted by Crippen LogP contribution is -2.30. The van der Waals surface area contributed by atoms with E-state index in [4.69, 9.17) is 14.2 Å². The van der Waals surface area contributed by atoms with Gasteiger partial charge in [0.2, 0.25) is 10.0 Å². The number of benzene rings is 2. The van der Waals surface area contributed by atoms with Gasteiger partial charge in [0.1, 0.15) is 5.82 Å². The van der Waals surface area contributed by atoms with Crippen molar-refractivity contribution in [1.29, 1.82) is 0 Å². The van der Waals surface area contributed by atoms with Crippen LogP contribution in [-0.2, 0) is 32.5 Å². The molecule has 0 saturated carbocycles. The molecule has 4 aromatic rings. The van der Waals surface area contributed by atoms with Crippen molar-refractivity contribution in [3.8, 4) is 17.1 Å². The van der Waals surface area contributed by atoms with Crippen LogP contribution in [0.4, 0.5) is 29.1 Å². The minimum Gasteiger partial charge on any atom is -0.464 e. The summed E-state index contributed by atoms with van der Waals surface area (Å²) in [5.74, 6) is -1.24. The molecular formula is C34H44F4N6O5SSi. The predicted molar refractivity (Wildman–Crippen MR) is 191 cm³/mol. The molecule has 3 heterocycles. The van der Waals surface area contributed by atoms with E-state index in [0.29, 0.717) is 36.3 Å². The van der Waals surface area contributed by atoms with Gasteiger partial charge in [-0.25, -0.2) is 27.5 Å². The number of aromatic nitrogens is 4. The molecule has 0 amide bonds. The van der Waals surface area contributed by atoms with E-state index in [1.165, 1.54) is 10.5 Å². The number of rotatable bonds is 15. The molecule has 1 unspecified atom stereocenters. The molecule has 5 rings (SSSR count). The van der Waals surface area contributed by atoms with E-state index in [9.17, 15) is 21.6 Å². The molecule has 1 atom stereocenters. The molecular weight excluding hydrogens is 709 g/mol. The first kappa shape index (κ1) is 38.4. The van der Waals surface area contributed by atoms with Gasteiger partial charge in [0.15, 0.2) is 36.1 Å². The minimum atomic E-state index is -4.64. The monoisotopic (exact) mass is 752 g/mol. The third-order valence-corrected chi connectivity index (χ3v) is 11.3. The number of fused-ring (bicyclic) bond motifs is 1. The van der Waals surface area contributed by atoms with Crippen molar-refractivity contribution >= 4 is 40.6 Å². The summed E-state index contributed by atoms with van der Waals surface area (Å²) in [6.45, 7) is 9.11. The van der Waals surface area contributed by atoms with Gasteiger partial charge in [-0.2, -0.15) is 18.3 Å². The lowest BCUT2D eigenvalue weighted by Gasteiger charge is -2.24. The number of nitrogens with one attached hydrogen (secondary N) is 1. The highest BCUT2D eigenvalue weighted by atomic mass is 32.2. The second-order valence-electron chi connectivity index (χ2n) is 13.7. The van der Waals surface area contributed by atoms with Gasteiger partial charge in [0.05, 0.1) is 29.9 Å². The SMILES string of the molecule is CCN(c1ccccc1CNc1nc(-c2cc(F)c(OCOCC[Si](C)(C)C)cc2CC(F)(F)F)nc2c1cnn2C1CCCCO1)S(C)(=O)=O. The molecule has 17 heteroatoms. The van der Waals surface area contributed by atoms with Crippen LogP contribution >= 0.6 is 0 Å². The number of hydrogen-bond donors (Lipinski definition) is 1. The number of ether oxygens (including phenoxy) is 3. The van der Waals surface area contributed by atoms with Crippen molar-refractivity contribution in [3.63, 3.8) is 0 Å². The quantitative estimate of drug-likeness (QED) is 0.0569. The molecule has 1 N–H and O–H groups in total. The van der Waals surface area contributed by atoms with Crippen LogP contribution in [0.2, 0.25) is 25.7 Å². The van der Waals surface area contributed by atoms with Gasteiger partial charge >= 0.3 is 6.18 Å². The third kappa shape index (κ3) is 9.96. The molecule has 11 nitrogen and oxygen atoms in total. The first-order valence-corrected chi connectivity index (χ1v) is 22.4. The maximum Gasteiger partial charge on any atom is 0.393 e. The van der Waals surface area contributed by atoms with E-state index < -0.39 is 42.7 Å². The Kier molecular flexibility index (Phi) is 11.9. The van der Waals surface area contributed by atoms with Gasteiger partial charge in [-0.15, -0.1) is 0 Å². The van der Waals surface area contributed by atoms with Crippen molar-refractivity contribution in [2.24, 2.45) is 0 Å². The molecule has 51 heavy (non-hydrogen) atoms. The fourth-order valence-corrected chi connectivity index (χ4v) is 7.55. The van der Waals surface area contributed by atoms with Gasteiger partial charge < -0.3 is 19.5 Å². The number of sulfonamides is 1. The van der Waals surface area contributed by atoms with E-state index in [-0.39, 0.29) is 54.0 Å². The first-order chi connectivity index (χ1) is 24.0. The number of halogens is 4. The average molecular weight is 753 g/mol. The summed E-state index contributed by atoms with van der Waals surface area (Å²) in [6.07, 6.45) is -1.44. The van der Waals surface area contributed by atoms with Crippen molar-refractivity contribution in [2.75, 3.05) is 42.4 Å². The van der Waals surface area contributed by atoms with Crippen molar-refractivity contribution < 1.29 is 40.2 Å². The number of hydrogen-bond acceptors (Lipinski definition) is 9. The lowest BCUT2D eigenvalue weighted by atomic mass is 10.0. The molecule has 1 fully saturated rings. The average Bonchev–Trinajstić information content (AvgIpc) is 3.48. The molecule has 2 aromatic heterocycles. The topological polar surface area (TPSA) is 121 Å². The number of para-hydroxylation sites is 1. The normalized spacial score (nSPS) is 15.7. The summed E-state index contributed by atoms with van der Waals surface area (Å²) in [6, 6.07) is 9.75. The second-order valence-corrected chi connectivity index (χ2v) is 21.2. The van der Waals surface area contributed by atoms with Gasteiger partial charge in [0.25, 0.3) is 0 Å². The van der Waals surface area contributed by atoms with E-state index >= 15 is 4.39 Å². The summed E-state index contributed by atoms with van der Waals surface area (Å²) >= 11 is 0. The van der Waals surface area contributed by atoms with Gasteiger partial charge in [-0.1, -0.05) is 37.8 Å². The van der Waals surface area contributed by atoms with Crippen LogP contribution in [-0.4, -0.2) is 75.2 Å². The largest absolute Gasteiger partial charge is 0.464 e. The maximum absolute atomic E-state index is 15.6.